The van der Waals surface area contributed by atoms with Crippen molar-refractivity contribution >= 4 is 17.5 Å². The first-order chi connectivity index (χ1) is 9.99. The highest BCUT2D eigenvalue weighted by molar-refractivity contribution is 6.07. The van der Waals surface area contributed by atoms with Crippen molar-refractivity contribution in [3.05, 3.63) is 29.8 Å². The Kier molecular flexibility index (Phi) is 3.27. The van der Waals surface area contributed by atoms with Gasteiger partial charge in [0.05, 0.1) is 5.41 Å². The lowest BCUT2D eigenvalue weighted by Crippen LogP contribution is -2.65. The zero-order chi connectivity index (χ0) is 15.2. The van der Waals surface area contributed by atoms with Crippen molar-refractivity contribution in [1.82, 2.24) is 4.90 Å². The van der Waals surface area contributed by atoms with Crippen molar-refractivity contribution in [3.8, 4) is 0 Å². The fraction of sp³-hybridized carbons (Fsp3) is 0.529. The van der Waals surface area contributed by atoms with Crippen LogP contribution < -0.4 is 4.90 Å². The number of hydrogen-bond donors (Lipinski definition) is 0. The summed E-state index contributed by atoms with van der Waals surface area (Å²) >= 11 is 0. The van der Waals surface area contributed by atoms with Gasteiger partial charge in [-0.25, -0.2) is 0 Å². The number of anilines is 1. The molecule has 1 aromatic carbocycles. The molecule has 2 saturated heterocycles. The predicted molar refractivity (Wildman–Crippen MR) is 82.2 cm³/mol. The fourth-order valence-electron chi connectivity index (χ4n) is 3.58. The van der Waals surface area contributed by atoms with Gasteiger partial charge >= 0.3 is 0 Å². The minimum atomic E-state index is -0.446. The van der Waals surface area contributed by atoms with Gasteiger partial charge < -0.3 is 4.90 Å². The average molecular weight is 286 g/mol. The summed E-state index contributed by atoms with van der Waals surface area (Å²) in [5.74, 6) is 0.0888. The van der Waals surface area contributed by atoms with Crippen LogP contribution in [0.2, 0.25) is 0 Å². The number of imide groups is 1. The van der Waals surface area contributed by atoms with Gasteiger partial charge in [-0.1, -0.05) is 19.1 Å². The van der Waals surface area contributed by atoms with E-state index in [0.717, 1.165) is 17.7 Å². The molecule has 3 aliphatic rings. The van der Waals surface area contributed by atoms with Crippen LogP contribution in [0.25, 0.3) is 0 Å². The molecular formula is C17H22N2O2. The number of hydrogen-bond acceptors (Lipinski definition) is 3. The van der Waals surface area contributed by atoms with Crippen LogP contribution in [0, 0.1) is 5.92 Å². The summed E-state index contributed by atoms with van der Waals surface area (Å²) in [6, 6.07) is 8.18. The van der Waals surface area contributed by atoms with E-state index in [1.807, 2.05) is 50.2 Å². The van der Waals surface area contributed by atoms with Crippen molar-refractivity contribution in [2.45, 2.75) is 31.6 Å². The highest BCUT2D eigenvalue weighted by Gasteiger charge is 2.61. The van der Waals surface area contributed by atoms with E-state index in [0.29, 0.717) is 19.4 Å². The molecule has 4 heteroatoms. The predicted octanol–water partition coefficient (Wildman–Crippen LogP) is 2.18. The van der Waals surface area contributed by atoms with Gasteiger partial charge in [0, 0.05) is 32.2 Å². The van der Waals surface area contributed by atoms with Gasteiger partial charge in [-0.2, -0.15) is 0 Å². The van der Waals surface area contributed by atoms with Crippen LogP contribution in [-0.2, 0) is 15.0 Å². The lowest BCUT2D eigenvalue weighted by molar-refractivity contribution is -0.168. The Balaban J connectivity index is 1.91. The number of carbonyl (C=O) groups excluding carboxylic acids is 2. The largest absolute Gasteiger partial charge is 0.378 e. The molecule has 3 fully saturated rings. The summed E-state index contributed by atoms with van der Waals surface area (Å²) in [4.78, 5) is 28.5. The van der Waals surface area contributed by atoms with E-state index in [4.69, 9.17) is 0 Å². The van der Waals surface area contributed by atoms with E-state index in [1.165, 1.54) is 4.90 Å². The van der Waals surface area contributed by atoms with E-state index < -0.39 is 5.41 Å². The Morgan fingerprint density at radius 1 is 1.19 bits per heavy atom. The molecule has 0 aromatic heterocycles. The normalized spacial score (nSPS) is 27.6. The summed E-state index contributed by atoms with van der Waals surface area (Å²) in [7, 11) is 4.00. The van der Waals surface area contributed by atoms with Crippen molar-refractivity contribution in [2.24, 2.45) is 5.92 Å². The molecule has 0 unspecified atom stereocenters. The Morgan fingerprint density at radius 2 is 1.81 bits per heavy atom. The first-order valence-corrected chi connectivity index (χ1v) is 7.63. The standard InChI is InChI=1S/C17H22N2O2/c1-4-9-19-15(20)12-10-17(11-12,16(19)21)13-5-7-14(8-6-13)18(2)3/h5-8,12H,4,9-11H2,1-3H3. The van der Waals surface area contributed by atoms with Crippen LogP contribution in [-0.4, -0.2) is 37.4 Å². The lowest BCUT2D eigenvalue weighted by Gasteiger charge is -2.53. The van der Waals surface area contributed by atoms with Crippen LogP contribution in [0.5, 0.6) is 0 Å². The van der Waals surface area contributed by atoms with Crippen molar-refractivity contribution < 1.29 is 9.59 Å². The molecule has 112 valence electrons. The molecule has 1 aliphatic carbocycles. The first kappa shape index (κ1) is 14.1. The molecule has 2 amide bonds. The minimum Gasteiger partial charge on any atom is -0.378 e. The van der Waals surface area contributed by atoms with Gasteiger partial charge in [0.25, 0.3) is 0 Å². The second-order valence-corrected chi connectivity index (χ2v) is 6.42. The summed E-state index contributed by atoms with van der Waals surface area (Å²) in [6.07, 6.45) is 2.19. The third-order valence-electron chi connectivity index (χ3n) is 4.84. The summed E-state index contributed by atoms with van der Waals surface area (Å²) in [6.45, 7) is 2.55. The molecule has 2 aliphatic heterocycles. The Hall–Kier alpha value is -1.84. The quantitative estimate of drug-likeness (QED) is 0.797. The smallest absolute Gasteiger partial charge is 0.239 e. The number of benzene rings is 1. The maximum absolute atomic E-state index is 12.8. The van der Waals surface area contributed by atoms with Gasteiger partial charge in [-0.15, -0.1) is 0 Å². The Morgan fingerprint density at radius 3 is 2.33 bits per heavy atom. The first-order valence-electron chi connectivity index (χ1n) is 7.63. The monoisotopic (exact) mass is 286 g/mol. The number of carbonyl (C=O) groups is 2. The molecule has 1 aromatic rings. The third kappa shape index (κ3) is 1.96. The maximum atomic E-state index is 12.8. The van der Waals surface area contributed by atoms with E-state index in [2.05, 4.69) is 0 Å². The molecule has 0 atom stereocenters. The molecule has 0 radical (unpaired) electrons. The molecule has 21 heavy (non-hydrogen) atoms. The second-order valence-electron chi connectivity index (χ2n) is 6.42. The van der Waals surface area contributed by atoms with E-state index in [-0.39, 0.29) is 17.7 Å². The molecule has 4 rings (SSSR count). The molecule has 1 saturated carbocycles. The molecular weight excluding hydrogens is 264 g/mol. The zero-order valence-electron chi connectivity index (χ0n) is 12.9. The summed E-state index contributed by atoms with van der Waals surface area (Å²) < 4.78 is 0. The van der Waals surface area contributed by atoms with Gasteiger partial charge in [-0.3, -0.25) is 14.5 Å². The van der Waals surface area contributed by atoms with E-state index in [1.54, 1.807) is 0 Å². The molecule has 4 nitrogen and oxygen atoms in total. The van der Waals surface area contributed by atoms with Crippen LogP contribution in [0.15, 0.2) is 24.3 Å². The number of nitrogens with zero attached hydrogens (tertiary/aromatic N) is 2. The summed E-state index contributed by atoms with van der Waals surface area (Å²) in [5.41, 5.74) is 1.73. The van der Waals surface area contributed by atoms with Crippen LogP contribution >= 0.6 is 0 Å². The highest BCUT2D eigenvalue weighted by atomic mass is 16.2. The van der Waals surface area contributed by atoms with Crippen molar-refractivity contribution in [3.63, 3.8) is 0 Å². The summed E-state index contributed by atoms with van der Waals surface area (Å²) in [5, 5.41) is 0. The van der Waals surface area contributed by atoms with Crippen molar-refractivity contribution in [2.75, 3.05) is 25.5 Å². The number of rotatable bonds is 4. The third-order valence-corrected chi connectivity index (χ3v) is 4.84. The van der Waals surface area contributed by atoms with Gasteiger partial charge in [0.1, 0.15) is 0 Å². The number of fused-ring (bicyclic) bond motifs is 2. The van der Waals surface area contributed by atoms with Crippen LogP contribution in [0.4, 0.5) is 5.69 Å². The Bertz CT molecular complexity index is 571. The van der Waals surface area contributed by atoms with E-state index in [9.17, 15) is 9.59 Å². The average Bonchev–Trinajstić information content (AvgIpc) is 2.42. The van der Waals surface area contributed by atoms with Gasteiger partial charge in [0.15, 0.2) is 0 Å². The maximum Gasteiger partial charge on any atom is 0.239 e. The fourth-order valence-corrected chi connectivity index (χ4v) is 3.58. The highest BCUT2D eigenvalue weighted by Crippen LogP contribution is 2.53. The molecule has 0 N–H and O–H groups in total. The van der Waals surface area contributed by atoms with Crippen LogP contribution in [0.1, 0.15) is 31.7 Å². The Labute approximate surface area is 125 Å². The molecule has 2 bridgehead atoms. The van der Waals surface area contributed by atoms with Gasteiger partial charge in [-0.05, 0) is 37.0 Å². The molecule has 0 spiro atoms. The number of amides is 2. The van der Waals surface area contributed by atoms with Crippen LogP contribution in [0.3, 0.4) is 0 Å². The molecule has 2 heterocycles. The SMILES string of the molecule is CCCN1C(=O)C2CC(c3ccc(N(C)C)cc3)(C2)C1=O. The second kappa shape index (κ2) is 4.86. The zero-order valence-corrected chi connectivity index (χ0v) is 12.9. The number of piperidine rings is 2. The lowest BCUT2D eigenvalue weighted by atomic mass is 9.55. The van der Waals surface area contributed by atoms with Crippen molar-refractivity contribution in [1.29, 1.82) is 0 Å². The van der Waals surface area contributed by atoms with E-state index >= 15 is 0 Å². The topological polar surface area (TPSA) is 40.6 Å². The minimum absolute atomic E-state index is 0.00875. The van der Waals surface area contributed by atoms with Gasteiger partial charge in [0.2, 0.25) is 11.8 Å².